The predicted molar refractivity (Wildman–Crippen MR) is 80.4 cm³/mol. The first kappa shape index (κ1) is 13.9. The molecule has 0 saturated heterocycles. The third kappa shape index (κ3) is 2.73. The van der Waals surface area contributed by atoms with Crippen molar-refractivity contribution in [3.63, 3.8) is 0 Å². The first-order valence-electron chi connectivity index (χ1n) is 6.11. The molecule has 0 aliphatic rings. The minimum atomic E-state index is -0.361. The summed E-state index contributed by atoms with van der Waals surface area (Å²) in [6.07, 6.45) is 0. The molecule has 0 heterocycles. The van der Waals surface area contributed by atoms with Crippen molar-refractivity contribution in [3.05, 3.63) is 59.5 Å². The minimum Gasteiger partial charge on any atom is -0.399 e. The van der Waals surface area contributed by atoms with Gasteiger partial charge in [0.15, 0.2) is 0 Å². The van der Waals surface area contributed by atoms with Gasteiger partial charge in [0.25, 0.3) is 0 Å². The minimum absolute atomic E-state index is 0.361. The average Bonchev–Trinajstić information content (AvgIpc) is 2.45. The Morgan fingerprint density at radius 1 is 1.15 bits per heavy atom. The highest BCUT2D eigenvalue weighted by atomic mass is 19.1. The second-order valence-electron chi connectivity index (χ2n) is 4.50. The van der Waals surface area contributed by atoms with E-state index in [4.69, 9.17) is 17.3 Å². The monoisotopic (exact) mass is 272 g/mol. The number of hydrazine groups is 1. The summed E-state index contributed by atoms with van der Waals surface area (Å²) in [5.41, 5.74) is 18.1. The summed E-state index contributed by atoms with van der Waals surface area (Å²) in [5.74, 6) is 5.00. The predicted octanol–water partition coefficient (Wildman–Crippen LogP) is 2.19. The van der Waals surface area contributed by atoms with E-state index in [1.54, 1.807) is 19.1 Å². The van der Waals surface area contributed by atoms with Crippen LogP contribution >= 0.6 is 0 Å². The van der Waals surface area contributed by atoms with Crippen molar-refractivity contribution in [1.82, 2.24) is 5.43 Å². The molecule has 2 aromatic carbocycles. The number of nitrogen functional groups attached to an aromatic ring is 1. The van der Waals surface area contributed by atoms with E-state index < -0.39 is 0 Å². The van der Waals surface area contributed by atoms with Crippen LogP contribution < -0.4 is 22.7 Å². The van der Waals surface area contributed by atoms with Crippen LogP contribution in [0, 0.1) is 5.82 Å². The van der Waals surface area contributed by atoms with E-state index in [9.17, 15) is 4.39 Å². The van der Waals surface area contributed by atoms with Crippen LogP contribution in [-0.4, -0.2) is 0 Å². The molecule has 0 atom stereocenters. The molecule has 0 saturated carbocycles. The highest BCUT2D eigenvalue weighted by Gasteiger charge is 2.11. The molecule has 5 heteroatoms. The van der Waals surface area contributed by atoms with Crippen LogP contribution in [0.4, 0.5) is 10.1 Å². The molecule has 0 aromatic heterocycles. The van der Waals surface area contributed by atoms with Crippen molar-refractivity contribution in [2.45, 2.75) is 6.92 Å². The summed E-state index contributed by atoms with van der Waals surface area (Å²) in [5, 5.41) is 0. The number of hydrogen-bond donors (Lipinski definition) is 4. The van der Waals surface area contributed by atoms with Gasteiger partial charge in [-0.2, -0.15) is 0 Å². The summed E-state index contributed by atoms with van der Waals surface area (Å²) < 4.78 is 13.5. The molecule has 0 fully saturated rings. The highest BCUT2D eigenvalue weighted by Crippen LogP contribution is 2.29. The van der Waals surface area contributed by atoms with Gasteiger partial charge in [0.2, 0.25) is 0 Å². The Morgan fingerprint density at radius 3 is 2.55 bits per heavy atom. The molecule has 0 bridgehead atoms. The summed E-state index contributed by atoms with van der Waals surface area (Å²) in [6.45, 7) is 1.73. The molecule has 4 nitrogen and oxygen atoms in total. The fraction of sp³-hybridized carbons (Fsp3) is 0.0667. The van der Waals surface area contributed by atoms with E-state index in [-0.39, 0.29) is 5.82 Å². The lowest BCUT2D eigenvalue weighted by molar-refractivity contribution is 0.627. The highest BCUT2D eigenvalue weighted by molar-refractivity contribution is 5.82. The average molecular weight is 272 g/mol. The molecule has 0 amide bonds. The number of benzene rings is 2. The standard InChI is InChI=1S/C15H17FN4/c1-9(20-19)15(18)14-8-11(16)5-6-13(14)10-3-2-4-12(17)7-10/h2-8,20H,17-19H2,1H3/b15-9-. The molecule has 0 unspecified atom stereocenters. The quantitative estimate of drug-likeness (QED) is 0.391. The number of nitrogens with two attached hydrogens (primary N) is 3. The third-order valence-electron chi connectivity index (χ3n) is 3.09. The van der Waals surface area contributed by atoms with Gasteiger partial charge in [0.1, 0.15) is 5.82 Å². The number of anilines is 1. The molecule has 2 aromatic rings. The van der Waals surface area contributed by atoms with Crippen LogP contribution in [0.3, 0.4) is 0 Å². The van der Waals surface area contributed by atoms with Crippen molar-refractivity contribution >= 4 is 11.4 Å². The van der Waals surface area contributed by atoms with Crippen LogP contribution in [0.25, 0.3) is 16.8 Å². The first-order chi connectivity index (χ1) is 9.52. The number of rotatable bonds is 3. The molecule has 0 aliphatic carbocycles. The summed E-state index contributed by atoms with van der Waals surface area (Å²) in [6, 6.07) is 11.8. The van der Waals surface area contributed by atoms with Crippen molar-refractivity contribution in [1.29, 1.82) is 0 Å². The maximum Gasteiger partial charge on any atom is 0.123 e. The van der Waals surface area contributed by atoms with Gasteiger partial charge >= 0.3 is 0 Å². The number of hydrogen-bond acceptors (Lipinski definition) is 4. The van der Waals surface area contributed by atoms with Gasteiger partial charge < -0.3 is 16.9 Å². The van der Waals surface area contributed by atoms with Crippen LogP contribution in [0.15, 0.2) is 48.2 Å². The Balaban J connectivity index is 2.66. The van der Waals surface area contributed by atoms with Gasteiger partial charge in [0.05, 0.1) is 5.70 Å². The second-order valence-corrected chi connectivity index (χ2v) is 4.50. The lowest BCUT2D eigenvalue weighted by atomic mass is 9.96. The van der Waals surface area contributed by atoms with E-state index in [1.165, 1.54) is 12.1 Å². The molecule has 2 rings (SSSR count). The van der Waals surface area contributed by atoms with Gasteiger partial charge in [0, 0.05) is 16.9 Å². The second kappa shape index (κ2) is 5.63. The van der Waals surface area contributed by atoms with Gasteiger partial charge in [-0.05, 0) is 42.3 Å². The number of halogens is 1. The Kier molecular flexibility index (Phi) is 3.91. The molecule has 0 radical (unpaired) electrons. The Hall–Kier alpha value is -2.53. The van der Waals surface area contributed by atoms with Crippen molar-refractivity contribution in [2.75, 3.05) is 5.73 Å². The van der Waals surface area contributed by atoms with Gasteiger partial charge in [-0.15, -0.1) is 0 Å². The Morgan fingerprint density at radius 2 is 1.90 bits per heavy atom. The molecule has 0 spiro atoms. The van der Waals surface area contributed by atoms with E-state index in [2.05, 4.69) is 5.43 Å². The Bertz CT molecular complexity index is 665. The zero-order valence-corrected chi connectivity index (χ0v) is 11.2. The molecular weight excluding hydrogens is 255 g/mol. The van der Waals surface area contributed by atoms with Gasteiger partial charge in [-0.25, -0.2) is 4.39 Å². The smallest absolute Gasteiger partial charge is 0.123 e. The number of allylic oxidation sites excluding steroid dienone is 1. The molecule has 104 valence electrons. The van der Waals surface area contributed by atoms with Crippen LogP contribution in [0.1, 0.15) is 12.5 Å². The summed E-state index contributed by atoms with van der Waals surface area (Å²) >= 11 is 0. The van der Waals surface area contributed by atoms with Crippen molar-refractivity contribution in [2.24, 2.45) is 11.6 Å². The van der Waals surface area contributed by atoms with E-state index >= 15 is 0 Å². The third-order valence-corrected chi connectivity index (χ3v) is 3.09. The zero-order chi connectivity index (χ0) is 14.7. The zero-order valence-electron chi connectivity index (χ0n) is 11.2. The molecule has 20 heavy (non-hydrogen) atoms. The topological polar surface area (TPSA) is 90.1 Å². The lowest BCUT2D eigenvalue weighted by Crippen LogP contribution is -2.22. The van der Waals surface area contributed by atoms with E-state index in [1.807, 2.05) is 18.2 Å². The number of nitrogens with one attached hydrogen (secondary N) is 1. The first-order valence-corrected chi connectivity index (χ1v) is 6.11. The SMILES string of the molecule is C/C(NN)=C(/N)c1cc(F)ccc1-c1cccc(N)c1. The van der Waals surface area contributed by atoms with E-state index in [0.717, 1.165) is 11.1 Å². The largest absolute Gasteiger partial charge is 0.399 e. The molecule has 7 N–H and O–H groups in total. The molecule has 0 aliphatic heterocycles. The van der Waals surface area contributed by atoms with Gasteiger partial charge in [-0.3, -0.25) is 5.84 Å². The normalized spacial score (nSPS) is 11.9. The maximum atomic E-state index is 13.5. The Labute approximate surface area is 117 Å². The van der Waals surface area contributed by atoms with Crippen LogP contribution in [-0.2, 0) is 0 Å². The van der Waals surface area contributed by atoms with Crippen molar-refractivity contribution in [3.8, 4) is 11.1 Å². The lowest BCUT2D eigenvalue weighted by Gasteiger charge is -2.13. The van der Waals surface area contributed by atoms with Crippen molar-refractivity contribution < 1.29 is 4.39 Å². The fourth-order valence-electron chi connectivity index (χ4n) is 1.98. The van der Waals surface area contributed by atoms with Crippen LogP contribution in [0.5, 0.6) is 0 Å². The summed E-state index contributed by atoms with van der Waals surface area (Å²) in [4.78, 5) is 0. The van der Waals surface area contributed by atoms with Gasteiger partial charge in [-0.1, -0.05) is 18.2 Å². The van der Waals surface area contributed by atoms with E-state index in [0.29, 0.717) is 22.6 Å². The maximum absolute atomic E-state index is 13.5. The molecular formula is C15H17FN4. The fourth-order valence-corrected chi connectivity index (χ4v) is 1.98. The summed E-state index contributed by atoms with van der Waals surface area (Å²) in [7, 11) is 0. The van der Waals surface area contributed by atoms with Crippen LogP contribution in [0.2, 0.25) is 0 Å².